The molecular weight excluding hydrogens is 310 g/mol. The van der Waals surface area contributed by atoms with Gasteiger partial charge in [-0.15, -0.1) is 0 Å². The van der Waals surface area contributed by atoms with Gasteiger partial charge in [-0.3, -0.25) is 0 Å². The summed E-state index contributed by atoms with van der Waals surface area (Å²) in [6, 6.07) is 2.41. The molecule has 0 spiro atoms. The molecule has 138 valence electrons. The second-order valence-electron chi connectivity index (χ2n) is 8.16. The highest BCUT2D eigenvalue weighted by atomic mass is 16.5. The van der Waals surface area contributed by atoms with Crippen LogP contribution in [0, 0.1) is 17.2 Å². The van der Waals surface area contributed by atoms with Crippen molar-refractivity contribution in [3.8, 4) is 6.07 Å². The van der Waals surface area contributed by atoms with Gasteiger partial charge in [-0.05, 0) is 38.2 Å². The van der Waals surface area contributed by atoms with Crippen LogP contribution in [0.25, 0.3) is 0 Å². The smallest absolute Gasteiger partial charge is 0.144 e. The monoisotopic (exact) mass is 343 g/mol. The van der Waals surface area contributed by atoms with Crippen molar-refractivity contribution >= 4 is 5.82 Å². The Morgan fingerprint density at radius 1 is 1.24 bits per heavy atom. The quantitative estimate of drug-likeness (QED) is 0.675. The molecule has 2 heterocycles. The number of nitrogens with one attached hydrogen (secondary N) is 1. The van der Waals surface area contributed by atoms with Crippen molar-refractivity contribution in [2.75, 3.05) is 11.9 Å². The zero-order valence-electron chi connectivity index (χ0n) is 16.5. The molecule has 1 aromatic rings. The van der Waals surface area contributed by atoms with Gasteiger partial charge in [0, 0.05) is 24.2 Å². The number of pyridine rings is 1. The van der Waals surface area contributed by atoms with Gasteiger partial charge in [0.25, 0.3) is 0 Å². The zero-order chi connectivity index (χ0) is 18.4. The largest absolute Gasteiger partial charge is 0.370 e. The van der Waals surface area contributed by atoms with Gasteiger partial charge in [0.1, 0.15) is 11.9 Å². The number of fused-ring (bicyclic) bond motifs is 1. The van der Waals surface area contributed by atoms with E-state index in [1.165, 1.54) is 19.3 Å². The third-order valence-corrected chi connectivity index (χ3v) is 4.74. The molecule has 0 radical (unpaired) electrons. The highest BCUT2D eigenvalue weighted by Crippen LogP contribution is 2.34. The van der Waals surface area contributed by atoms with Gasteiger partial charge in [-0.2, -0.15) is 5.26 Å². The van der Waals surface area contributed by atoms with Crippen LogP contribution in [0.5, 0.6) is 0 Å². The van der Waals surface area contributed by atoms with Crippen molar-refractivity contribution in [3.05, 3.63) is 22.4 Å². The lowest BCUT2D eigenvalue weighted by Gasteiger charge is -2.34. The number of aromatic nitrogens is 1. The molecular formula is C21H33N3O. The number of rotatable bonds is 8. The number of nitrogens with zero attached hydrogens (tertiary/aromatic N) is 2. The molecule has 0 saturated carbocycles. The summed E-state index contributed by atoms with van der Waals surface area (Å²) in [5.74, 6) is 1.29. The SMILES string of the molecule is CCCCCCNc1nc(CC(C)C)c2c(c1C#N)CC(C)(C)OC2. The average molecular weight is 344 g/mol. The number of hydrogen-bond donors (Lipinski definition) is 1. The maximum atomic E-state index is 9.79. The first-order valence-electron chi connectivity index (χ1n) is 9.70. The maximum absolute atomic E-state index is 9.79. The molecule has 0 saturated heterocycles. The first-order chi connectivity index (χ1) is 11.9. The summed E-state index contributed by atoms with van der Waals surface area (Å²) in [6.45, 7) is 12.3. The van der Waals surface area contributed by atoms with Crippen LogP contribution in [0.3, 0.4) is 0 Å². The van der Waals surface area contributed by atoms with E-state index in [0.717, 1.165) is 54.0 Å². The first-order valence-corrected chi connectivity index (χ1v) is 9.70. The van der Waals surface area contributed by atoms with E-state index in [9.17, 15) is 5.26 Å². The summed E-state index contributed by atoms with van der Waals surface area (Å²) < 4.78 is 6.01. The molecule has 1 aromatic heterocycles. The summed E-state index contributed by atoms with van der Waals surface area (Å²) >= 11 is 0. The van der Waals surface area contributed by atoms with Crippen LogP contribution in [-0.2, 0) is 24.2 Å². The Balaban J connectivity index is 2.33. The summed E-state index contributed by atoms with van der Waals surface area (Å²) in [4.78, 5) is 4.85. The van der Waals surface area contributed by atoms with Gasteiger partial charge in [0.2, 0.25) is 0 Å². The van der Waals surface area contributed by atoms with E-state index < -0.39 is 0 Å². The van der Waals surface area contributed by atoms with Crippen LogP contribution in [0.1, 0.15) is 82.7 Å². The number of unbranched alkanes of at least 4 members (excludes halogenated alkanes) is 3. The van der Waals surface area contributed by atoms with Crippen molar-refractivity contribution in [1.29, 1.82) is 5.26 Å². The van der Waals surface area contributed by atoms with E-state index in [-0.39, 0.29) is 5.60 Å². The van der Waals surface area contributed by atoms with E-state index in [0.29, 0.717) is 12.5 Å². The Labute approximate surface area is 153 Å². The Morgan fingerprint density at radius 2 is 2.00 bits per heavy atom. The van der Waals surface area contributed by atoms with E-state index in [1.54, 1.807) is 0 Å². The molecule has 0 aliphatic carbocycles. The first kappa shape index (κ1) is 19.7. The van der Waals surface area contributed by atoms with Gasteiger partial charge in [0.05, 0.1) is 17.8 Å². The average Bonchev–Trinajstić information content (AvgIpc) is 2.53. The minimum atomic E-state index is -0.229. The predicted molar refractivity (Wildman–Crippen MR) is 103 cm³/mol. The molecule has 1 N–H and O–H groups in total. The van der Waals surface area contributed by atoms with Crippen molar-refractivity contribution in [1.82, 2.24) is 4.98 Å². The Kier molecular flexibility index (Phi) is 6.84. The number of ether oxygens (including phenoxy) is 1. The lowest BCUT2D eigenvalue weighted by Crippen LogP contribution is -2.33. The second kappa shape index (κ2) is 8.67. The molecule has 0 aromatic carbocycles. The zero-order valence-corrected chi connectivity index (χ0v) is 16.5. The van der Waals surface area contributed by atoms with Crippen molar-refractivity contribution in [2.45, 2.75) is 85.4 Å². The molecule has 2 rings (SSSR count). The topological polar surface area (TPSA) is 57.9 Å². The number of hydrogen-bond acceptors (Lipinski definition) is 4. The molecule has 1 aliphatic heterocycles. The van der Waals surface area contributed by atoms with Crippen LogP contribution < -0.4 is 5.32 Å². The van der Waals surface area contributed by atoms with Gasteiger partial charge >= 0.3 is 0 Å². The standard InChI is InChI=1S/C21H33N3O/c1-6-7-8-9-10-23-20-17(13-22)16-12-21(4,5)25-14-18(16)19(24-20)11-15(2)3/h15H,6-12,14H2,1-5H3,(H,23,24). The molecule has 1 aliphatic rings. The van der Waals surface area contributed by atoms with E-state index in [1.807, 2.05) is 0 Å². The third-order valence-electron chi connectivity index (χ3n) is 4.74. The highest BCUT2D eigenvalue weighted by Gasteiger charge is 2.31. The summed E-state index contributed by atoms with van der Waals surface area (Å²) in [7, 11) is 0. The molecule has 0 amide bonds. The van der Waals surface area contributed by atoms with Gasteiger partial charge in [-0.25, -0.2) is 4.98 Å². The predicted octanol–water partition coefficient (Wildman–Crippen LogP) is 5.00. The Hall–Kier alpha value is -1.60. The van der Waals surface area contributed by atoms with E-state index in [2.05, 4.69) is 46.0 Å². The van der Waals surface area contributed by atoms with Gasteiger partial charge in [0.15, 0.2) is 0 Å². The minimum Gasteiger partial charge on any atom is -0.370 e. The highest BCUT2D eigenvalue weighted by molar-refractivity contribution is 5.60. The number of nitriles is 1. The Morgan fingerprint density at radius 3 is 2.64 bits per heavy atom. The van der Waals surface area contributed by atoms with Crippen LogP contribution >= 0.6 is 0 Å². The molecule has 25 heavy (non-hydrogen) atoms. The fourth-order valence-electron chi connectivity index (χ4n) is 3.40. The van der Waals surface area contributed by atoms with Crippen LogP contribution in [-0.4, -0.2) is 17.1 Å². The molecule has 0 fully saturated rings. The van der Waals surface area contributed by atoms with Gasteiger partial charge < -0.3 is 10.1 Å². The van der Waals surface area contributed by atoms with E-state index in [4.69, 9.17) is 9.72 Å². The minimum absolute atomic E-state index is 0.229. The van der Waals surface area contributed by atoms with Crippen LogP contribution in [0.2, 0.25) is 0 Å². The lowest BCUT2D eigenvalue weighted by atomic mass is 9.87. The molecule has 0 unspecified atom stereocenters. The fraction of sp³-hybridized carbons (Fsp3) is 0.714. The number of anilines is 1. The van der Waals surface area contributed by atoms with Crippen molar-refractivity contribution < 1.29 is 4.74 Å². The van der Waals surface area contributed by atoms with Crippen molar-refractivity contribution in [2.24, 2.45) is 5.92 Å². The van der Waals surface area contributed by atoms with Gasteiger partial charge in [-0.1, -0.05) is 40.0 Å². The van der Waals surface area contributed by atoms with Crippen molar-refractivity contribution in [3.63, 3.8) is 0 Å². The van der Waals surface area contributed by atoms with E-state index >= 15 is 0 Å². The lowest BCUT2D eigenvalue weighted by molar-refractivity contribution is -0.0407. The van der Waals surface area contributed by atoms with Crippen LogP contribution in [0.4, 0.5) is 5.82 Å². The summed E-state index contributed by atoms with van der Waals surface area (Å²) in [5, 5.41) is 13.2. The van der Waals surface area contributed by atoms with Crippen LogP contribution in [0.15, 0.2) is 0 Å². The third kappa shape index (κ3) is 5.19. The Bertz CT molecular complexity index is 629. The molecule has 0 bridgehead atoms. The second-order valence-corrected chi connectivity index (χ2v) is 8.16. The molecule has 4 nitrogen and oxygen atoms in total. The summed E-state index contributed by atoms with van der Waals surface area (Å²) in [6.07, 6.45) is 6.51. The normalized spacial score (nSPS) is 15.7. The molecule has 0 atom stereocenters. The maximum Gasteiger partial charge on any atom is 0.144 e. The summed E-state index contributed by atoms with van der Waals surface area (Å²) in [5.41, 5.74) is 3.86. The molecule has 4 heteroatoms. The fourth-order valence-corrected chi connectivity index (χ4v) is 3.40.